The first-order valence-electron chi connectivity index (χ1n) is 15.5. The van der Waals surface area contributed by atoms with Gasteiger partial charge >= 0.3 is 0 Å². The van der Waals surface area contributed by atoms with Crippen molar-refractivity contribution in [3.63, 3.8) is 0 Å². The minimum absolute atomic E-state index is 0.00995. The zero-order chi connectivity index (χ0) is 35.6. The second-order valence-electron chi connectivity index (χ2n) is 11.0. The third-order valence-electron chi connectivity index (χ3n) is 7.72. The predicted octanol–water partition coefficient (Wildman–Crippen LogP) is 6.38. The van der Waals surface area contributed by atoms with Gasteiger partial charge in [0.05, 0.1) is 31.9 Å². The van der Waals surface area contributed by atoms with Crippen molar-refractivity contribution in [3.05, 3.63) is 112 Å². The molecule has 1 atom stereocenters. The highest BCUT2D eigenvalue weighted by Crippen LogP contribution is 2.37. The highest BCUT2D eigenvalue weighted by molar-refractivity contribution is 7.92. The van der Waals surface area contributed by atoms with Crippen LogP contribution in [0.25, 0.3) is 0 Å². The van der Waals surface area contributed by atoms with Crippen LogP contribution in [0.1, 0.15) is 24.5 Å². The standard InChI is InChI=1S/C36H39Cl2N3O7S/c1-5-19-39-36(43)31(20-25-9-7-6-8-10-25)40(23-26-11-13-27(37)14-12-26)35(42)24-41(30-21-28(38)15-17-32(30)46-2)49(44,45)29-16-18-33(47-3)34(22-29)48-4/h6-18,21-22,31H,5,19-20,23-24H2,1-4H3,(H,39,43). The number of anilines is 1. The van der Waals surface area contributed by atoms with E-state index in [0.717, 1.165) is 9.87 Å². The lowest BCUT2D eigenvalue weighted by molar-refractivity contribution is -0.140. The van der Waals surface area contributed by atoms with Gasteiger partial charge in [-0.2, -0.15) is 0 Å². The Balaban J connectivity index is 1.87. The van der Waals surface area contributed by atoms with Gasteiger partial charge in [0.2, 0.25) is 11.8 Å². The van der Waals surface area contributed by atoms with Crippen LogP contribution >= 0.6 is 23.2 Å². The lowest BCUT2D eigenvalue weighted by Crippen LogP contribution is -2.53. The summed E-state index contributed by atoms with van der Waals surface area (Å²) in [7, 11) is -0.282. The molecule has 2 amide bonds. The predicted molar refractivity (Wildman–Crippen MR) is 191 cm³/mol. The molecule has 0 fully saturated rings. The molecule has 0 saturated heterocycles. The number of carbonyl (C=O) groups is 2. The second kappa shape index (κ2) is 17.3. The van der Waals surface area contributed by atoms with Crippen LogP contribution in [0.4, 0.5) is 5.69 Å². The van der Waals surface area contributed by atoms with Crippen LogP contribution in [0.2, 0.25) is 10.0 Å². The minimum atomic E-state index is -4.49. The molecule has 4 aromatic rings. The van der Waals surface area contributed by atoms with E-state index in [1.165, 1.54) is 56.6 Å². The number of ether oxygens (including phenoxy) is 3. The van der Waals surface area contributed by atoms with Crippen LogP contribution in [0, 0.1) is 0 Å². The molecule has 4 rings (SSSR count). The molecule has 0 aromatic heterocycles. The number of hydrogen-bond acceptors (Lipinski definition) is 7. The Hall–Kier alpha value is -4.45. The van der Waals surface area contributed by atoms with E-state index in [1.54, 1.807) is 30.3 Å². The monoisotopic (exact) mass is 727 g/mol. The molecule has 0 aliphatic rings. The van der Waals surface area contributed by atoms with Crippen molar-refractivity contribution in [2.75, 3.05) is 38.7 Å². The summed E-state index contributed by atoms with van der Waals surface area (Å²) in [6, 6.07) is 23.8. The first-order chi connectivity index (χ1) is 23.5. The lowest BCUT2D eigenvalue weighted by atomic mass is 10.0. The summed E-state index contributed by atoms with van der Waals surface area (Å²) in [4.78, 5) is 29.7. The molecule has 0 saturated carbocycles. The largest absolute Gasteiger partial charge is 0.495 e. The van der Waals surface area contributed by atoms with Crippen LogP contribution in [-0.2, 0) is 32.6 Å². The van der Waals surface area contributed by atoms with Gasteiger partial charge < -0.3 is 24.4 Å². The van der Waals surface area contributed by atoms with Gasteiger partial charge in [-0.25, -0.2) is 8.42 Å². The van der Waals surface area contributed by atoms with Gasteiger partial charge in [-0.1, -0.05) is 72.6 Å². The maximum atomic E-state index is 14.7. The summed E-state index contributed by atoms with van der Waals surface area (Å²) < 4.78 is 46.2. The number of nitrogens with zero attached hydrogens (tertiary/aromatic N) is 2. The Morgan fingerprint density at radius 3 is 2.04 bits per heavy atom. The molecule has 4 aromatic carbocycles. The van der Waals surface area contributed by atoms with Gasteiger partial charge in [-0.15, -0.1) is 0 Å². The Kier molecular flexibility index (Phi) is 13.2. The van der Waals surface area contributed by atoms with Crippen molar-refractivity contribution >= 4 is 50.7 Å². The van der Waals surface area contributed by atoms with Gasteiger partial charge in [-0.05, 0) is 60.0 Å². The van der Waals surface area contributed by atoms with E-state index in [2.05, 4.69) is 5.32 Å². The SMILES string of the molecule is CCCNC(=O)C(Cc1ccccc1)N(Cc1ccc(Cl)cc1)C(=O)CN(c1cc(Cl)ccc1OC)S(=O)(=O)c1ccc(OC)c(OC)c1. The molecule has 10 nitrogen and oxygen atoms in total. The third kappa shape index (κ3) is 9.38. The van der Waals surface area contributed by atoms with Crippen molar-refractivity contribution in [1.82, 2.24) is 10.2 Å². The fourth-order valence-electron chi connectivity index (χ4n) is 5.18. The molecule has 0 aliphatic carbocycles. The summed E-state index contributed by atoms with van der Waals surface area (Å²) in [6.07, 6.45) is 0.861. The zero-order valence-corrected chi connectivity index (χ0v) is 30.0. The Morgan fingerprint density at radius 1 is 0.776 bits per heavy atom. The molecule has 1 unspecified atom stereocenters. The molecule has 260 valence electrons. The molecular formula is C36H39Cl2N3O7S. The average Bonchev–Trinajstić information content (AvgIpc) is 3.11. The van der Waals surface area contributed by atoms with Gasteiger partial charge in [0.1, 0.15) is 18.3 Å². The topological polar surface area (TPSA) is 114 Å². The lowest BCUT2D eigenvalue weighted by Gasteiger charge is -2.34. The Bertz CT molecular complexity index is 1840. The molecular weight excluding hydrogens is 689 g/mol. The number of carbonyl (C=O) groups excluding carboxylic acids is 2. The first kappa shape index (κ1) is 37.4. The van der Waals surface area contributed by atoms with Crippen LogP contribution < -0.4 is 23.8 Å². The molecule has 0 aliphatic heterocycles. The Labute approximate surface area is 297 Å². The smallest absolute Gasteiger partial charge is 0.265 e. The second-order valence-corrected chi connectivity index (χ2v) is 13.7. The number of halogens is 2. The average molecular weight is 729 g/mol. The normalized spacial score (nSPS) is 11.7. The van der Waals surface area contributed by atoms with Crippen molar-refractivity contribution < 1.29 is 32.2 Å². The van der Waals surface area contributed by atoms with Crippen molar-refractivity contribution in [2.45, 2.75) is 37.2 Å². The van der Waals surface area contributed by atoms with E-state index >= 15 is 0 Å². The summed E-state index contributed by atoms with van der Waals surface area (Å²) in [5.74, 6) is -0.364. The van der Waals surface area contributed by atoms with Gasteiger partial charge in [-0.3, -0.25) is 13.9 Å². The fourth-order valence-corrected chi connectivity index (χ4v) is 6.91. The summed E-state index contributed by atoms with van der Waals surface area (Å²) in [5, 5.41) is 3.64. The van der Waals surface area contributed by atoms with Crippen molar-refractivity contribution in [1.29, 1.82) is 0 Å². The highest BCUT2D eigenvalue weighted by atomic mass is 35.5. The number of benzene rings is 4. The maximum Gasteiger partial charge on any atom is 0.265 e. The summed E-state index contributed by atoms with van der Waals surface area (Å²) >= 11 is 12.5. The number of rotatable bonds is 16. The van der Waals surface area contributed by atoms with E-state index in [4.69, 9.17) is 37.4 Å². The number of sulfonamides is 1. The van der Waals surface area contributed by atoms with Crippen LogP contribution in [0.3, 0.4) is 0 Å². The molecule has 0 bridgehead atoms. The molecule has 0 heterocycles. The number of hydrogen-bond donors (Lipinski definition) is 1. The zero-order valence-electron chi connectivity index (χ0n) is 27.7. The van der Waals surface area contributed by atoms with Crippen LogP contribution in [-0.4, -0.2) is 65.6 Å². The van der Waals surface area contributed by atoms with E-state index in [-0.39, 0.29) is 46.0 Å². The summed E-state index contributed by atoms with van der Waals surface area (Å²) in [6.45, 7) is 1.61. The van der Waals surface area contributed by atoms with E-state index in [0.29, 0.717) is 29.3 Å². The van der Waals surface area contributed by atoms with Gasteiger partial charge in [0, 0.05) is 35.6 Å². The quantitative estimate of drug-likeness (QED) is 0.143. The molecule has 0 spiro atoms. The van der Waals surface area contributed by atoms with E-state index in [1.807, 2.05) is 37.3 Å². The maximum absolute atomic E-state index is 14.7. The van der Waals surface area contributed by atoms with Crippen molar-refractivity contribution in [3.8, 4) is 17.2 Å². The van der Waals surface area contributed by atoms with Gasteiger partial charge in [0.15, 0.2) is 11.5 Å². The number of amides is 2. The van der Waals surface area contributed by atoms with E-state index in [9.17, 15) is 18.0 Å². The molecule has 49 heavy (non-hydrogen) atoms. The third-order valence-corrected chi connectivity index (χ3v) is 9.96. The van der Waals surface area contributed by atoms with Crippen LogP contribution in [0.15, 0.2) is 95.9 Å². The highest BCUT2D eigenvalue weighted by Gasteiger charge is 2.36. The van der Waals surface area contributed by atoms with E-state index < -0.39 is 28.5 Å². The molecule has 13 heteroatoms. The van der Waals surface area contributed by atoms with Crippen molar-refractivity contribution in [2.24, 2.45) is 0 Å². The Morgan fingerprint density at radius 2 is 1.41 bits per heavy atom. The van der Waals surface area contributed by atoms with Crippen LogP contribution in [0.5, 0.6) is 17.2 Å². The fraction of sp³-hybridized carbons (Fsp3) is 0.278. The molecule has 0 radical (unpaired) electrons. The minimum Gasteiger partial charge on any atom is -0.495 e. The summed E-state index contributed by atoms with van der Waals surface area (Å²) in [5.41, 5.74) is 1.53. The number of methoxy groups -OCH3 is 3. The van der Waals surface area contributed by atoms with Gasteiger partial charge in [0.25, 0.3) is 10.0 Å². The first-order valence-corrected chi connectivity index (χ1v) is 17.7. The molecule has 1 N–H and O–H groups in total. The number of nitrogens with one attached hydrogen (secondary N) is 1.